The number of hydroxylamine groups is 2. The maximum atomic E-state index is 12.4. The highest BCUT2D eigenvalue weighted by Gasteiger charge is 2.20. The molecule has 0 aromatic heterocycles. The molecule has 0 unspecified atom stereocenters. The molecule has 1 rings (SSSR count). The Morgan fingerprint density at radius 3 is 2.36 bits per heavy atom. The Kier molecular flexibility index (Phi) is 9.75. The number of hydrogen-bond acceptors (Lipinski definition) is 4. The Morgan fingerprint density at radius 2 is 1.76 bits per heavy atom. The van der Waals surface area contributed by atoms with E-state index in [0.717, 1.165) is 23.7 Å². The number of hydrogen-bond donors (Lipinski definition) is 0. The van der Waals surface area contributed by atoms with Crippen molar-refractivity contribution < 1.29 is 19.2 Å². The van der Waals surface area contributed by atoms with Gasteiger partial charge < -0.3 is 4.74 Å². The van der Waals surface area contributed by atoms with E-state index in [1.54, 1.807) is 0 Å². The monoisotopic (exact) mass is 413 g/mol. The Bertz CT molecular complexity index is 528. The molecule has 0 N–H and O–H groups in total. The van der Waals surface area contributed by atoms with Gasteiger partial charge in [0, 0.05) is 18.3 Å². The fourth-order valence-electron chi connectivity index (χ4n) is 2.06. The number of carbonyl (C=O) groups is 2. The summed E-state index contributed by atoms with van der Waals surface area (Å²) < 4.78 is 5.24. The van der Waals surface area contributed by atoms with E-state index in [1.165, 1.54) is 5.06 Å². The van der Waals surface area contributed by atoms with Gasteiger partial charge in [-0.2, -0.15) is 0 Å². The number of unbranched alkanes of at least 4 members (excludes halogenated alkanes) is 1. The van der Waals surface area contributed by atoms with Gasteiger partial charge in [-0.1, -0.05) is 46.3 Å². The summed E-state index contributed by atoms with van der Waals surface area (Å²) in [7, 11) is 0. The number of esters is 1. The molecular formula is C19H28BrNO4. The van der Waals surface area contributed by atoms with Crippen molar-refractivity contribution in [2.45, 2.75) is 58.7 Å². The topological polar surface area (TPSA) is 55.8 Å². The largest absolute Gasteiger partial charge is 0.460 e. The van der Waals surface area contributed by atoms with Crippen LogP contribution >= 0.6 is 15.9 Å². The first kappa shape index (κ1) is 21.6. The number of amides is 1. The van der Waals surface area contributed by atoms with Crippen molar-refractivity contribution in [1.82, 2.24) is 5.06 Å². The number of ether oxygens (including phenoxy) is 1. The van der Waals surface area contributed by atoms with Crippen molar-refractivity contribution in [1.29, 1.82) is 0 Å². The lowest BCUT2D eigenvalue weighted by Gasteiger charge is -2.23. The molecular weight excluding hydrogens is 386 g/mol. The van der Waals surface area contributed by atoms with Crippen LogP contribution in [0, 0.1) is 0 Å². The van der Waals surface area contributed by atoms with Gasteiger partial charge in [0.25, 0.3) is 0 Å². The van der Waals surface area contributed by atoms with E-state index in [0.29, 0.717) is 13.2 Å². The molecule has 0 aliphatic rings. The zero-order chi connectivity index (χ0) is 18.7. The maximum Gasteiger partial charge on any atom is 0.306 e. The van der Waals surface area contributed by atoms with Gasteiger partial charge in [-0.3, -0.25) is 14.4 Å². The van der Waals surface area contributed by atoms with Crippen molar-refractivity contribution in [3.63, 3.8) is 0 Å². The van der Waals surface area contributed by atoms with Crippen LogP contribution in [-0.4, -0.2) is 34.4 Å². The Balaban J connectivity index is 2.52. The number of halogens is 1. The fraction of sp³-hybridized carbons (Fsp3) is 0.579. The lowest BCUT2D eigenvalue weighted by Crippen LogP contribution is -2.33. The Morgan fingerprint density at radius 1 is 1.08 bits per heavy atom. The van der Waals surface area contributed by atoms with E-state index in [2.05, 4.69) is 15.9 Å². The molecule has 0 atom stereocenters. The summed E-state index contributed by atoms with van der Waals surface area (Å²) >= 11 is 3.38. The molecule has 0 bridgehead atoms. The second kappa shape index (κ2) is 11.3. The second-order valence-corrected chi connectivity index (χ2v) is 7.53. The fourth-order valence-corrected chi connectivity index (χ4v) is 2.46. The van der Waals surface area contributed by atoms with E-state index in [4.69, 9.17) is 9.57 Å². The number of nitrogens with zero attached hydrogens (tertiary/aromatic N) is 1. The Labute approximate surface area is 158 Å². The smallest absolute Gasteiger partial charge is 0.306 e. The molecule has 0 fully saturated rings. The van der Waals surface area contributed by atoms with Gasteiger partial charge in [0.05, 0.1) is 6.42 Å². The average molecular weight is 414 g/mol. The summed E-state index contributed by atoms with van der Waals surface area (Å²) in [5.74, 6) is -0.569. The summed E-state index contributed by atoms with van der Waals surface area (Å²) in [5, 5.41) is 2.26. The number of benzene rings is 1. The second-order valence-electron chi connectivity index (χ2n) is 6.74. The summed E-state index contributed by atoms with van der Waals surface area (Å²) in [4.78, 5) is 29.9. The van der Waals surface area contributed by atoms with Crippen LogP contribution in [0.5, 0.6) is 0 Å². The van der Waals surface area contributed by atoms with Crippen molar-refractivity contribution >= 4 is 27.8 Å². The van der Waals surface area contributed by atoms with Gasteiger partial charge in [0.1, 0.15) is 12.2 Å². The molecule has 6 heteroatoms. The molecule has 0 spiro atoms. The van der Waals surface area contributed by atoms with E-state index in [-0.39, 0.29) is 24.7 Å². The van der Waals surface area contributed by atoms with Crippen LogP contribution in [0.2, 0.25) is 0 Å². The summed E-state index contributed by atoms with van der Waals surface area (Å²) in [6.07, 6.45) is 1.92. The number of carbonyl (C=O) groups excluding carboxylic acids is 2. The average Bonchev–Trinajstić information content (AvgIpc) is 2.55. The van der Waals surface area contributed by atoms with Gasteiger partial charge in [-0.05, 0) is 39.2 Å². The van der Waals surface area contributed by atoms with Gasteiger partial charge in [0.2, 0.25) is 5.91 Å². The van der Waals surface area contributed by atoms with Crippen molar-refractivity contribution in [3.8, 4) is 0 Å². The van der Waals surface area contributed by atoms with Crippen LogP contribution in [0.1, 0.15) is 52.0 Å². The molecule has 0 saturated heterocycles. The molecule has 0 aliphatic heterocycles. The highest BCUT2D eigenvalue weighted by molar-refractivity contribution is 9.09. The standard InChI is InChI=1S/C19H28BrNO4/c1-19(2,3)25-18(23)12-11-17(22)21(14-8-7-13-20)24-15-16-9-5-4-6-10-16/h4-6,9-10H,7-8,11-15H2,1-3H3. The first-order valence-corrected chi connectivity index (χ1v) is 9.69. The maximum absolute atomic E-state index is 12.4. The van der Waals surface area contributed by atoms with Crippen molar-refractivity contribution in [2.24, 2.45) is 0 Å². The van der Waals surface area contributed by atoms with Crippen LogP contribution in [0.25, 0.3) is 0 Å². The number of alkyl halides is 1. The predicted octanol–water partition coefficient (Wildman–Crippen LogP) is 4.24. The zero-order valence-corrected chi connectivity index (χ0v) is 16.9. The minimum atomic E-state index is -0.542. The van der Waals surface area contributed by atoms with Gasteiger partial charge in [0.15, 0.2) is 0 Å². The molecule has 25 heavy (non-hydrogen) atoms. The Hall–Kier alpha value is -1.40. The van der Waals surface area contributed by atoms with Gasteiger partial charge in [-0.15, -0.1) is 0 Å². The minimum Gasteiger partial charge on any atom is -0.460 e. The van der Waals surface area contributed by atoms with Crippen LogP contribution in [0.4, 0.5) is 0 Å². The molecule has 1 amide bonds. The van der Waals surface area contributed by atoms with Crippen LogP contribution < -0.4 is 0 Å². The van der Waals surface area contributed by atoms with Crippen LogP contribution in [0.15, 0.2) is 30.3 Å². The third-order valence-electron chi connectivity index (χ3n) is 3.22. The molecule has 1 aromatic carbocycles. The first-order valence-electron chi connectivity index (χ1n) is 8.57. The third kappa shape index (κ3) is 10.2. The quantitative estimate of drug-likeness (QED) is 0.249. The summed E-state index contributed by atoms with van der Waals surface area (Å²) in [6.45, 7) is 6.26. The lowest BCUT2D eigenvalue weighted by molar-refractivity contribution is -0.192. The third-order valence-corrected chi connectivity index (χ3v) is 3.78. The molecule has 0 aliphatic carbocycles. The first-order chi connectivity index (χ1) is 11.8. The zero-order valence-electron chi connectivity index (χ0n) is 15.3. The SMILES string of the molecule is CC(C)(C)OC(=O)CCC(=O)N(CCCCBr)OCc1ccccc1. The van der Waals surface area contributed by atoms with E-state index in [9.17, 15) is 9.59 Å². The minimum absolute atomic E-state index is 0.0553. The molecule has 0 heterocycles. The van der Waals surface area contributed by atoms with Crippen molar-refractivity contribution in [3.05, 3.63) is 35.9 Å². The van der Waals surface area contributed by atoms with Crippen LogP contribution in [-0.2, 0) is 25.8 Å². The van der Waals surface area contributed by atoms with Gasteiger partial charge >= 0.3 is 5.97 Å². The molecule has 5 nitrogen and oxygen atoms in total. The number of rotatable bonds is 10. The molecule has 0 saturated carbocycles. The summed E-state index contributed by atoms with van der Waals surface area (Å²) in [5.41, 5.74) is 0.451. The van der Waals surface area contributed by atoms with Crippen LogP contribution in [0.3, 0.4) is 0 Å². The molecule has 1 aromatic rings. The van der Waals surface area contributed by atoms with Crippen molar-refractivity contribution in [2.75, 3.05) is 11.9 Å². The highest BCUT2D eigenvalue weighted by atomic mass is 79.9. The highest BCUT2D eigenvalue weighted by Crippen LogP contribution is 2.11. The predicted molar refractivity (Wildman–Crippen MR) is 101 cm³/mol. The van der Waals surface area contributed by atoms with Gasteiger partial charge in [-0.25, -0.2) is 5.06 Å². The van der Waals surface area contributed by atoms with E-state index >= 15 is 0 Å². The van der Waals surface area contributed by atoms with E-state index < -0.39 is 5.60 Å². The lowest BCUT2D eigenvalue weighted by atomic mass is 10.2. The molecule has 140 valence electrons. The normalized spacial score (nSPS) is 11.2. The van der Waals surface area contributed by atoms with E-state index in [1.807, 2.05) is 51.1 Å². The molecule has 0 radical (unpaired) electrons. The summed E-state index contributed by atoms with van der Waals surface area (Å²) in [6, 6.07) is 9.68.